The Labute approximate surface area is 130 Å². The van der Waals surface area contributed by atoms with E-state index in [1.165, 1.54) is 32.1 Å². The third kappa shape index (κ3) is 6.79. The molecule has 4 heteroatoms. The third-order valence-corrected chi connectivity index (χ3v) is 4.51. The lowest BCUT2D eigenvalue weighted by Gasteiger charge is -2.32. The molecule has 21 heavy (non-hydrogen) atoms. The topological polar surface area (TPSA) is 50.4 Å². The van der Waals surface area contributed by atoms with Crippen LogP contribution < -0.4 is 10.6 Å². The number of methoxy groups -OCH3 is 1. The molecule has 1 rings (SSSR count). The van der Waals surface area contributed by atoms with Crippen LogP contribution in [0.3, 0.4) is 0 Å². The van der Waals surface area contributed by atoms with E-state index in [4.69, 9.17) is 4.74 Å². The molecule has 4 nitrogen and oxygen atoms in total. The number of hydrogen-bond donors (Lipinski definition) is 2. The molecule has 0 bridgehead atoms. The monoisotopic (exact) mass is 298 g/mol. The normalized spacial score (nSPS) is 18.9. The van der Waals surface area contributed by atoms with Gasteiger partial charge in [-0.2, -0.15) is 0 Å². The average molecular weight is 298 g/mol. The minimum Gasteiger partial charge on any atom is -0.385 e. The first-order chi connectivity index (χ1) is 9.99. The number of hydrogen-bond acceptors (Lipinski definition) is 3. The highest BCUT2D eigenvalue weighted by molar-refractivity contribution is 5.81. The number of rotatable bonds is 10. The molecule has 0 heterocycles. The minimum atomic E-state index is -0.114. The number of ether oxygens (including phenoxy) is 1. The highest BCUT2D eigenvalue weighted by Gasteiger charge is 2.34. The summed E-state index contributed by atoms with van der Waals surface area (Å²) in [6, 6.07) is -0.114. The van der Waals surface area contributed by atoms with Crippen molar-refractivity contribution in [3.63, 3.8) is 0 Å². The van der Waals surface area contributed by atoms with Crippen LogP contribution in [-0.4, -0.2) is 38.8 Å². The smallest absolute Gasteiger partial charge is 0.236 e. The van der Waals surface area contributed by atoms with Crippen molar-refractivity contribution >= 4 is 5.91 Å². The van der Waals surface area contributed by atoms with Gasteiger partial charge in [0.1, 0.15) is 0 Å². The van der Waals surface area contributed by atoms with Gasteiger partial charge in [-0.1, -0.05) is 26.7 Å². The van der Waals surface area contributed by atoms with E-state index in [0.29, 0.717) is 18.6 Å². The molecular weight excluding hydrogens is 264 g/mol. The van der Waals surface area contributed by atoms with Crippen LogP contribution in [0.1, 0.15) is 59.3 Å². The van der Waals surface area contributed by atoms with E-state index >= 15 is 0 Å². The van der Waals surface area contributed by atoms with E-state index in [1.54, 1.807) is 7.11 Å². The second kappa shape index (κ2) is 9.42. The van der Waals surface area contributed by atoms with E-state index < -0.39 is 0 Å². The van der Waals surface area contributed by atoms with Crippen LogP contribution in [-0.2, 0) is 9.53 Å². The lowest BCUT2D eigenvalue weighted by Crippen LogP contribution is -2.46. The number of amides is 1. The molecule has 0 aromatic heterocycles. The average Bonchev–Trinajstić information content (AvgIpc) is 2.88. The first-order valence-electron chi connectivity index (χ1n) is 8.49. The van der Waals surface area contributed by atoms with Gasteiger partial charge in [0.2, 0.25) is 5.91 Å². The van der Waals surface area contributed by atoms with E-state index in [2.05, 4.69) is 24.5 Å². The highest BCUT2D eigenvalue weighted by Crippen LogP contribution is 2.42. The predicted molar refractivity (Wildman–Crippen MR) is 87.3 cm³/mol. The van der Waals surface area contributed by atoms with E-state index in [1.807, 2.05) is 6.92 Å². The molecular formula is C17H34N2O2. The lowest BCUT2D eigenvalue weighted by atomic mass is 9.78. The number of nitrogens with one attached hydrogen (secondary N) is 2. The Hall–Kier alpha value is -0.610. The first kappa shape index (κ1) is 18.4. The Kier molecular flexibility index (Phi) is 8.27. The SMILES string of the molecule is COCCCNC(=O)C(C)NCC1(CC(C)C)CCCC1. The fraction of sp³-hybridized carbons (Fsp3) is 0.941. The van der Waals surface area contributed by atoms with Crippen LogP contribution in [0.4, 0.5) is 0 Å². The van der Waals surface area contributed by atoms with E-state index in [9.17, 15) is 4.79 Å². The van der Waals surface area contributed by atoms with Gasteiger partial charge in [0.05, 0.1) is 6.04 Å². The maximum Gasteiger partial charge on any atom is 0.236 e. The van der Waals surface area contributed by atoms with Crippen molar-refractivity contribution in [1.29, 1.82) is 0 Å². The summed E-state index contributed by atoms with van der Waals surface area (Å²) >= 11 is 0. The summed E-state index contributed by atoms with van der Waals surface area (Å²) in [6.45, 7) is 8.91. The van der Waals surface area contributed by atoms with Gasteiger partial charge in [-0.15, -0.1) is 0 Å². The van der Waals surface area contributed by atoms with Crippen LogP contribution >= 0.6 is 0 Å². The van der Waals surface area contributed by atoms with Crippen molar-refractivity contribution in [2.45, 2.75) is 65.3 Å². The summed E-state index contributed by atoms with van der Waals surface area (Å²) in [5.41, 5.74) is 0.415. The van der Waals surface area contributed by atoms with Gasteiger partial charge in [0.25, 0.3) is 0 Å². The third-order valence-electron chi connectivity index (χ3n) is 4.51. The molecule has 124 valence electrons. The summed E-state index contributed by atoms with van der Waals surface area (Å²) < 4.78 is 4.98. The maximum atomic E-state index is 12.0. The minimum absolute atomic E-state index is 0.101. The molecule has 0 saturated heterocycles. The highest BCUT2D eigenvalue weighted by atomic mass is 16.5. The fourth-order valence-corrected chi connectivity index (χ4v) is 3.49. The van der Waals surface area contributed by atoms with E-state index in [-0.39, 0.29) is 11.9 Å². The van der Waals surface area contributed by atoms with Crippen molar-refractivity contribution < 1.29 is 9.53 Å². The van der Waals surface area contributed by atoms with Crippen molar-refractivity contribution in [2.24, 2.45) is 11.3 Å². The molecule has 2 N–H and O–H groups in total. The zero-order valence-corrected chi connectivity index (χ0v) is 14.3. The molecule has 0 aliphatic heterocycles. The second-order valence-electron chi connectivity index (χ2n) is 7.05. The molecule has 1 fully saturated rings. The number of carbonyl (C=O) groups is 1. The van der Waals surface area contributed by atoms with Crippen LogP contribution in [0, 0.1) is 11.3 Å². The fourth-order valence-electron chi connectivity index (χ4n) is 3.49. The molecule has 1 unspecified atom stereocenters. The van der Waals surface area contributed by atoms with Gasteiger partial charge < -0.3 is 15.4 Å². The van der Waals surface area contributed by atoms with Crippen LogP contribution in [0.15, 0.2) is 0 Å². The zero-order chi connectivity index (χ0) is 15.7. The molecule has 1 saturated carbocycles. The Bertz CT molecular complexity index is 299. The Balaban J connectivity index is 2.32. The standard InChI is InChI=1S/C17H34N2O2/c1-14(2)12-17(8-5-6-9-17)13-19-15(3)16(20)18-10-7-11-21-4/h14-15,19H,5-13H2,1-4H3,(H,18,20). The maximum absolute atomic E-state index is 12.0. The van der Waals surface area contributed by atoms with Crippen LogP contribution in [0.5, 0.6) is 0 Å². The summed E-state index contributed by atoms with van der Waals surface area (Å²) in [4.78, 5) is 12.0. The van der Waals surface area contributed by atoms with Crippen molar-refractivity contribution in [1.82, 2.24) is 10.6 Å². The Morgan fingerprint density at radius 1 is 1.24 bits per heavy atom. The molecule has 0 aromatic carbocycles. The molecule has 1 atom stereocenters. The molecule has 0 spiro atoms. The molecule has 1 aliphatic rings. The lowest BCUT2D eigenvalue weighted by molar-refractivity contribution is -0.122. The Morgan fingerprint density at radius 3 is 2.48 bits per heavy atom. The molecule has 1 aliphatic carbocycles. The van der Waals surface area contributed by atoms with Gasteiger partial charge in [-0.3, -0.25) is 4.79 Å². The molecule has 0 aromatic rings. The zero-order valence-electron chi connectivity index (χ0n) is 14.3. The van der Waals surface area contributed by atoms with Crippen LogP contribution in [0.25, 0.3) is 0 Å². The van der Waals surface area contributed by atoms with Crippen molar-refractivity contribution in [3.05, 3.63) is 0 Å². The summed E-state index contributed by atoms with van der Waals surface area (Å²) in [5, 5.41) is 6.43. The summed E-state index contributed by atoms with van der Waals surface area (Å²) in [7, 11) is 1.68. The largest absolute Gasteiger partial charge is 0.385 e. The van der Waals surface area contributed by atoms with Gasteiger partial charge >= 0.3 is 0 Å². The number of carbonyl (C=O) groups excluding carboxylic acids is 1. The predicted octanol–water partition coefficient (Wildman–Crippen LogP) is 2.72. The van der Waals surface area contributed by atoms with Gasteiger partial charge in [-0.05, 0) is 43.9 Å². The molecule has 0 radical (unpaired) electrons. The second-order valence-corrected chi connectivity index (χ2v) is 7.05. The van der Waals surface area contributed by atoms with E-state index in [0.717, 1.165) is 18.9 Å². The van der Waals surface area contributed by atoms with Crippen LogP contribution in [0.2, 0.25) is 0 Å². The summed E-state index contributed by atoms with van der Waals surface area (Å²) in [5.74, 6) is 0.826. The van der Waals surface area contributed by atoms with Crippen molar-refractivity contribution in [3.8, 4) is 0 Å². The van der Waals surface area contributed by atoms with Crippen molar-refractivity contribution in [2.75, 3.05) is 26.8 Å². The molecule has 1 amide bonds. The van der Waals surface area contributed by atoms with Gasteiger partial charge in [-0.25, -0.2) is 0 Å². The van der Waals surface area contributed by atoms with Gasteiger partial charge in [0, 0.05) is 26.8 Å². The Morgan fingerprint density at radius 2 is 1.90 bits per heavy atom. The van der Waals surface area contributed by atoms with Gasteiger partial charge in [0.15, 0.2) is 0 Å². The first-order valence-corrected chi connectivity index (χ1v) is 8.49. The quantitative estimate of drug-likeness (QED) is 0.610. The summed E-state index contributed by atoms with van der Waals surface area (Å²) in [6.07, 6.45) is 7.42.